The Balaban J connectivity index is 2.04. The number of phenolic OH excluding ortho intramolecular Hbond substituents is 1. The maximum absolute atomic E-state index is 12.2. The van der Waals surface area contributed by atoms with E-state index in [1.807, 2.05) is 19.1 Å². The third-order valence-electron chi connectivity index (χ3n) is 5.25. The molecule has 1 aromatic carbocycles. The highest BCUT2D eigenvalue weighted by Gasteiger charge is 2.24. The van der Waals surface area contributed by atoms with Gasteiger partial charge in [0.15, 0.2) is 0 Å². The lowest BCUT2D eigenvalue weighted by atomic mass is 10.0. The van der Waals surface area contributed by atoms with E-state index in [4.69, 9.17) is 16.2 Å². The number of nitrogens with two attached hydrogens (primary N) is 2. The zero-order valence-corrected chi connectivity index (χ0v) is 15.8. The number of aryl methyl sites for hydroxylation is 1. The maximum Gasteiger partial charge on any atom is 0.253 e. The maximum atomic E-state index is 12.2. The van der Waals surface area contributed by atoms with Gasteiger partial charge in [-0.15, -0.1) is 0 Å². The average molecular weight is 378 g/mol. The van der Waals surface area contributed by atoms with Gasteiger partial charge < -0.3 is 21.3 Å². The number of nitrogen functional groups attached to an aromatic ring is 1. The van der Waals surface area contributed by atoms with Gasteiger partial charge in [0.2, 0.25) is 0 Å². The van der Waals surface area contributed by atoms with Crippen molar-refractivity contribution in [1.29, 1.82) is 0 Å². The number of hydrogen-bond acceptors (Lipinski definition) is 5. The number of primary amides is 1. The monoisotopic (exact) mass is 378 g/mol. The quantitative estimate of drug-likeness (QED) is 0.648. The number of phenols is 1. The number of ether oxygens (including phenoxy) is 1. The molecule has 0 saturated carbocycles. The lowest BCUT2D eigenvalue weighted by molar-refractivity contribution is 0.100. The molecule has 3 aromatic rings. The second-order valence-corrected chi connectivity index (χ2v) is 6.98. The SMILES string of the molecule is Cc1ccc(O)c(C)c1-n1c(N)c(C(N)=O)c2cc(C3=CCOCC3)cnc21. The Hall–Kier alpha value is -3.32. The molecule has 1 aliphatic rings. The predicted molar refractivity (Wildman–Crippen MR) is 109 cm³/mol. The van der Waals surface area contributed by atoms with Gasteiger partial charge in [0.25, 0.3) is 5.91 Å². The van der Waals surface area contributed by atoms with Crippen molar-refractivity contribution in [2.75, 3.05) is 18.9 Å². The summed E-state index contributed by atoms with van der Waals surface area (Å²) in [5, 5.41) is 10.8. The van der Waals surface area contributed by atoms with Gasteiger partial charge in [0.05, 0.1) is 24.5 Å². The van der Waals surface area contributed by atoms with Gasteiger partial charge in [0.1, 0.15) is 17.2 Å². The lowest BCUT2D eigenvalue weighted by Crippen LogP contribution is -2.14. The van der Waals surface area contributed by atoms with E-state index < -0.39 is 5.91 Å². The molecule has 7 heteroatoms. The fraction of sp³-hybridized carbons (Fsp3) is 0.238. The zero-order valence-electron chi connectivity index (χ0n) is 15.8. The molecule has 0 aliphatic carbocycles. The molecular weight excluding hydrogens is 356 g/mol. The molecule has 1 aliphatic heterocycles. The lowest BCUT2D eigenvalue weighted by Gasteiger charge is -2.16. The Morgan fingerprint density at radius 2 is 2.11 bits per heavy atom. The second kappa shape index (κ2) is 6.69. The highest BCUT2D eigenvalue weighted by Crippen LogP contribution is 2.36. The van der Waals surface area contributed by atoms with Crippen molar-refractivity contribution in [3.8, 4) is 11.4 Å². The van der Waals surface area contributed by atoms with Gasteiger partial charge in [-0.05, 0) is 49.1 Å². The van der Waals surface area contributed by atoms with Gasteiger partial charge in [-0.2, -0.15) is 0 Å². The number of hydrogen-bond donors (Lipinski definition) is 3. The molecule has 0 saturated heterocycles. The molecule has 2 aromatic heterocycles. The number of fused-ring (bicyclic) bond motifs is 1. The molecule has 144 valence electrons. The highest BCUT2D eigenvalue weighted by molar-refractivity contribution is 6.11. The van der Waals surface area contributed by atoms with Crippen LogP contribution in [0.15, 0.2) is 30.5 Å². The standard InChI is InChI=1S/C21H22N4O3/c1-11-3-4-16(26)12(2)18(11)25-19(22)17(20(23)27)15-9-14(10-24-21(15)25)13-5-7-28-8-6-13/h3-5,9-10,26H,6-8,22H2,1-2H3,(H2,23,27). The molecule has 5 N–H and O–H groups in total. The van der Waals surface area contributed by atoms with Crippen LogP contribution in [0, 0.1) is 13.8 Å². The summed E-state index contributed by atoms with van der Waals surface area (Å²) >= 11 is 0. The minimum atomic E-state index is -0.614. The number of amides is 1. The van der Waals surface area contributed by atoms with Crippen LogP contribution < -0.4 is 11.5 Å². The summed E-state index contributed by atoms with van der Waals surface area (Å²) in [5.41, 5.74) is 17.1. The number of carbonyl (C=O) groups excluding carboxylic acids is 1. The first-order valence-corrected chi connectivity index (χ1v) is 9.06. The Morgan fingerprint density at radius 3 is 2.79 bits per heavy atom. The summed E-state index contributed by atoms with van der Waals surface area (Å²) in [4.78, 5) is 16.8. The van der Waals surface area contributed by atoms with Crippen molar-refractivity contribution >= 4 is 28.3 Å². The number of aromatic hydroxyl groups is 1. The van der Waals surface area contributed by atoms with Gasteiger partial charge in [0, 0.05) is 17.1 Å². The molecule has 1 amide bonds. The summed E-state index contributed by atoms with van der Waals surface area (Å²) in [7, 11) is 0. The van der Waals surface area contributed by atoms with Crippen molar-refractivity contribution in [3.05, 3.63) is 52.7 Å². The minimum Gasteiger partial charge on any atom is -0.508 e. The van der Waals surface area contributed by atoms with Crippen LogP contribution in [-0.4, -0.2) is 33.8 Å². The molecule has 28 heavy (non-hydrogen) atoms. The van der Waals surface area contributed by atoms with E-state index in [9.17, 15) is 9.90 Å². The minimum absolute atomic E-state index is 0.145. The van der Waals surface area contributed by atoms with Gasteiger partial charge in [-0.3, -0.25) is 9.36 Å². The molecule has 0 atom stereocenters. The van der Waals surface area contributed by atoms with Crippen molar-refractivity contribution < 1.29 is 14.6 Å². The zero-order chi connectivity index (χ0) is 20.0. The van der Waals surface area contributed by atoms with E-state index in [0.29, 0.717) is 35.5 Å². The van der Waals surface area contributed by atoms with E-state index in [2.05, 4.69) is 4.98 Å². The van der Waals surface area contributed by atoms with Crippen molar-refractivity contribution in [3.63, 3.8) is 0 Å². The van der Waals surface area contributed by atoms with E-state index in [1.165, 1.54) is 0 Å². The molecule has 0 spiro atoms. The molecule has 7 nitrogen and oxygen atoms in total. The molecule has 0 radical (unpaired) electrons. The third-order valence-corrected chi connectivity index (χ3v) is 5.25. The number of anilines is 1. The van der Waals surface area contributed by atoms with Crippen molar-refractivity contribution in [2.45, 2.75) is 20.3 Å². The molecule has 0 fully saturated rings. The first-order chi connectivity index (χ1) is 13.4. The number of nitrogens with zero attached hydrogens (tertiary/aromatic N) is 2. The van der Waals surface area contributed by atoms with Crippen LogP contribution >= 0.6 is 0 Å². The van der Waals surface area contributed by atoms with Crippen molar-refractivity contribution in [1.82, 2.24) is 9.55 Å². The summed E-state index contributed by atoms with van der Waals surface area (Å²) in [6.45, 7) is 4.92. The van der Waals surface area contributed by atoms with Gasteiger partial charge in [-0.25, -0.2) is 4.98 Å². The van der Waals surface area contributed by atoms with E-state index in [0.717, 1.165) is 23.1 Å². The highest BCUT2D eigenvalue weighted by atomic mass is 16.5. The van der Waals surface area contributed by atoms with Crippen LogP contribution in [0.2, 0.25) is 0 Å². The number of benzene rings is 1. The second-order valence-electron chi connectivity index (χ2n) is 6.98. The Bertz CT molecular complexity index is 1140. The number of aromatic nitrogens is 2. The van der Waals surface area contributed by atoms with Crippen LogP contribution in [0.4, 0.5) is 5.82 Å². The summed E-state index contributed by atoms with van der Waals surface area (Å²) in [6.07, 6.45) is 4.56. The van der Waals surface area contributed by atoms with Crippen LogP contribution in [0.1, 0.15) is 33.5 Å². The normalized spacial score (nSPS) is 14.3. The van der Waals surface area contributed by atoms with E-state index in [-0.39, 0.29) is 17.1 Å². The van der Waals surface area contributed by atoms with Crippen molar-refractivity contribution in [2.24, 2.45) is 5.73 Å². The number of carbonyl (C=O) groups is 1. The predicted octanol–water partition coefficient (Wildman–Crippen LogP) is 2.83. The van der Waals surface area contributed by atoms with E-state index >= 15 is 0 Å². The van der Waals surface area contributed by atoms with Crippen LogP contribution in [0.25, 0.3) is 22.3 Å². The fourth-order valence-corrected chi connectivity index (χ4v) is 3.80. The van der Waals surface area contributed by atoms with Crippen LogP contribution in [-0.2, 0) is 4.74 Å². The molecular formula is C21H22N4O3. The Kier molecular flexibility index (Phi) is 4.31. The third kappa shape index (κ3) is 2.71. The van der Waals surface area contributed by atoms with Gasteiger partial charge in [-0.1, -0.05) is 12.1 Å². The summed E-state index contributed by atoms with van der Waals surface area (Å²) in [5.74, 6) is -0.257. The smallest absolute Gasteiger partial charge is 0.253 e. The number of pyridine rings is 1. The number of rotatable bonds is 3. The largest absolute Gasteiger partial charge is 0.508 e. The van der Waals surface area contributed by atoms with Crippen LogP contribution in [0.3, 0.4) is 0 Å². The van der Waals surface area contributed by atoms with Crippen LogP contribution in [0.5, 0.6) is 5.75 Å². The molecule has 0 bridgehead atoms. The first-order valence-electron chi connectivity index (χ1n) is 9.06. The molecule has 4 rings (SSSR count). The Morgan fingerprint density at radius 1 is 1.32 bits per heavy atom. The topological polar surface area (TPSA) is 116 Å². The first kappa shape index (κ1) is 18.1. The van der Waals surface area contributed by atoms with Gasteiger partial charge >= 0.3 is 0 Å². The fourth-order valence-electron chi connectivity index (χ4n) is 3.80. The molecule has 3 heterocycles. The average Bonchev–Trinajstić information content (AvgIpc) is 2.97. The molecule has 0 unspecified atom stereocenters. The Labute approximate surface area is 162 Å². The summed E-state index contributed by atoms with van der Waals surface area (Å²) < 4.78 is 7.07. The summed E-state index contributed by atoms with van der Waals surface area (Å²) in [6, 6.07) is 5.34. The van der Waals surface area contributed by atoms with E-state index in [1.54, 1.807) is 29.8 Å².